The van der Waals surface area contributed by atoms with Crippen LogP contribution < -0.4 is 4.74 Å². The summed E-state index contributed by atoms with van der Waals surface area (Å²) in [4.78, 5) is 0. The zero-order valence-electron chi connectivity index (χ0n) is 10.1. The Bertz CT molecular complexity index is 306. The Labute approximate surface area is 106 Å². The van der Waals surface area contributed by atoms with Gasteiger partial charge in [-0.2, -0.15) is 0 Å². The molecular weight excluding hydrogens is 268 g/mol. The van der Waals surface area contributed by atoms with E-state index < -0.39 is 0 Å². The van der Waals surface area contributed by atoms with Crippen LogP contribution in [0.1, 0.15) is 19.4 Å². The van der Waals surface area contributed by atoms with Gasteiger partial charge in [-0.05, 0) is 38.0 Å². The predicted octanol–water partition coefficient (Wildman–Crippen LogP) is 3.43. The molecule has 0 aliphatic carbocycles. The first kappa shape index (κ1) is 13.5. The van der Waals surface area contributed by atoms with Gasteiger partial charge in [-0.15, -0.1) is 0 Å². The van der Waals surface area contributed by atoms with Gasteiger partial charge in [-0.3, -0.25) is 0 Å². The maximum absolute atomic E-state index is 5.76. The van der Waals surface area contributed by atoms with Crippen LogP contribution in [0.15, 0.2) is 24.3 Å². The van der Waals surface area contributed by atoms with Crippen LogP contribution in [0, 0.1) is 0 Å². The lowest BCUT2D eigenvalue weighted by Crippen LogP contribution is -2.27. The van der Waals surface area contributed by atoms with E-state index >= 15 is 0 Å². The van der Waals surface area contributed by atoms with Gasteiger partial charge in [-0.25, -0.2) is 0 Å². The maximum atomic E-state index is 5.76. The molecule has 0 spiro atoms. The molecule has 0 atom stereocenters. The molecule has 0 heterocycles. The summed E-state index contributed by atoms with van der Waals surface area (Å²) in [7, 11) is 1.68. The predicted molar refractivity (Wildman–Crippen MR) is 70.5 cm³/mol. The molecule has 0 saturated heterocycles. The second-order valence-electron chi connectivity index (χ2n) is 4.34. The zero-order valence-corrected chi connectivity index (χ0v) is 11.7. The van der Waals surface area contributed by atoms with Crippen molar-refractivity contribution in [2.75, 3.05) is 19.0 Å². The first-order valence-corrected chi connectivity index (χ1v) is 6.52. The van der Waals surface area contributed by atoms with E-state index in [2.05, 4.69) is 41.9 Å². The SMILES string of the molecule is COc1ccc(CCOC(C)(C)CBr)cc1. The molecule has 0 bridgehead atoms. The van der Waals surface area contributed by atoms with E-state index in [-0.39, 0.29) is 5.60 Å². The summed E-state index contributed by atoms with van der Waals surface area (Å²) >= 11 is 3.43. The summed E-state index contributed by atoms with van der Waals surface area (Å²) in [6.45, 7) is 4.90. The van der Waals surface area contributed by atoms with Gasteiger partial charge in [0.2, 0.25) is 0 Å². The molecular formula is C13H19BrO2. The summed E-state index contributed by atoms with van der Waals surface area (Å²) in [5, 5.41) is 0.850. The maximum Gasteiger partial charge on any atom is 0.118 e. The number of hydrogen-bond acceptors (Lipinski definition) is 2. The van der Waals surface area contributed by atoms with Crippen LogP contribution in [0.5, 0.6) is 5.75 Å². The van der Waals surface area contributed by atoms with Crippen LogP contribution in [-0.2, 0) is 11.2 Å². The smallest absolute Gasteiger partial charge is 0.118 e. The van der Waals surface area contributed by atoms with Crippen LogP contribution in [0.4, 0.5) is 0 Å². The van der Waals surface area contributed by atoms with Gasteiger partial charge in [0.1, 0.15) is 5.75 Å². The normalized spacial score (nSPS) is 11.5. The van der Waals surface area contributed by atoms with Gasteiger partial charge in [0.05, 0.1) is 19.3 Å². The molecule has 0 aliphatic rings. The molecule has 0 radical (unpaired) electrons. The fourth-order valence-corrected chi connectivity index (χ4v) is 1.44. The lowest BCUT2D eigenvalue weighted by Gasteiger charge is -2.22. The van der Waals surface area contributed by atoms with Gasteiger partial charge in [0.25, 0.3) is 0 Å². The van der Waals surface area contributed by atoms with E-state index in [1.807, 2.05) is 12.1 Å². The molecule has 3 heteroatoms. The average Bonchev–Trinajstić information content (AvgIpc) is 2.30. The van der Waals surface area contributed by atoms with E-state index in [0.29, 0.717) is 0 Å². The van der Waals surface area contributed by atoms with E-state index in [1.54, 1.807) is 7.11 Å². The third kappa shape index (κ3) is 4.54. The minimum atomic E-state index is -0.0908. The topological polar surface area (TPSA) is 18.5 Å². The number of benzene rings is 1. The van der Waals surface area contributed by atoms with Crippen LogP contribution in [0.2, 0.25) is 0 Å². The number of methoxy groups -OCH3 is 1. The molecule has 16 heavy (non-hydrogen) atoms. The van der Waals surface area contributed by atoms with Crippen molar-refractivity contribution in [3.8, 4) is 5.75 Å². The number of hydrogen-bond donors (Lipinski definition) is 0. The molecule has 1 rings (SSSR count). The van der Waals surface area contributed by atoms with E-state index in [1.165, 1.54) is 5.56 Å². The molecule has 0 amide bonds. The van der Waals surface area contributed by atoms with E-state index in [4.69, 9.17) is 9.47 Å². The molecule has 0 unspecified atom stereocenters. The van der Waals surface area contributed by atoms with Gasteiger partial charge >= 0.3 is 0 Å². The summed E-state index contributed by atoms with van der Waals surface area (Å²) in [5.74, 6) is 0.894. The molecule has 2 nitrogen and oxygen atoms in total. The fourth-order valence-electron chi connectivity index (χ4n) is 1.28. The Morgan fingerprint density at radius 1 is 1.19 bits per heavy atom. The summed E-state index contributed by atoms with van der Waals surface area (Å²) in [6.07, 6.45) is 0.931. The monoisotopic (exact) mass is 286 g/mol. The molecule has 0 fully saturated rings. The average molecular weight is 287 g/mol. The second kappa shape index (κ2) is 6.26. The number of rotatable bonds is 6. The van der Waals surface area contributed by atoms with Crippen molar-refractivity contribution in [2.24, 2.45) is 0 Å². The minimum Gasteiger partial charge on any atom is -0.497 e. The van der Waals surface area contributed by atoms with E-state index in [0.717, 1.165) is 24.1 Å². The largest absolute Gasteiger partial charge is 0.497 e. The standard InChI is InChI=1S/C13H19BrO2/c1-13(2,10-14)16-9-8-11-4-6-12(15-3)7-5-11/h4-7H,8-10H2,1-3H3. The number of alkyl halides is 1. The first-order valence-electron chi connectivity index (χ1n) is 5.40. The van der Waals surface area contributed by atoms with Crippen molar-refractivity contribution in [1.29, 1.82) is 0 Å². The number of ether oxygens (including phenoxy) is 2. The first-order chi connectivity index (χ1) is 7.57. The van der Waals surface area contributed by atoms with Gasteiger partial charge in [0.15, 0.2) is 0 Å². The zero-order chi connectivity index (χ0) is 12.0. The summed E-state index contributed by atoms with van der Waals surface area (Å²) in [5.41, 5.74) is 1.18. The molecule has 0 aromatic heterocycles. The second-order valence-corrected chi connectivity index (χ2v) is 4.90. The van der Waals surface area contributed by atoms with Crippen molar-refractivity contribution in [3.05, 3.63) is 29.8 Å². The Kier molecular flexibility index (Phi) is 5.29. The highest BCUT2D eigenvalue weighted by Gasteiger charge is 2.15. The van der Waals surface area contributed by atoms with Crippen LogP contribution >= 0.6 is 15.9 Å². The lowest BCUT2D eigenvalue weighted by atomic mass is 10.1. The lowest BCUT2D eigenvalue weighted by molar-refractivity contribution is 0.00372. The summed E-state index contributed by atoms with van der Waals surface area (Å²) < 4.78 is 10.9. The number of halogens is 1. The molecule has 0 saturated carbocycles. The summed E-state index contributed by atoms with van der Waals surface area (Å²) in [6, 6.07) is 8.10. The Balaban J connectivity index is 2.37. The molecule has 0 aliphatic heterocycles. The highest BCUT2D eigenvalue weighted by atomic mass is 79.9. The Morgan fingerprint density at radius 3 is 2.31 bits per heavy atom. The van der Waals surface area contributed by atoms with Crippen LogP contribution in [0.3, 0.4) is 0 Å². The van der Waals surface area contributed by atoms with Crippen molar-refractivity contribution in [3.63, 3.8) is 0 Å². The highest BCUT2D eigenvalue weighted by Crippen LogP contribution is 2.15. The molecule has 1 aromatic carbocycles. The quantitative estimate of drug-likeness (QED) is 0.746. The van der Waals surface area contributed by atoms with Gasteiger partial charge in [-0.1, -0.05) is 28.1 Å². The van der Waals surface area contributed by atoms with Crippen LogP contribution in [-0.4, -0.2) is 24.6 Å². The fraction of sp³-hybridized carbons (Fsp3) is 0.538. The third-order valence-electron chi connectivity index (χ3n) is 2.36. The minimum absolute atomic E-state index is 0.0908. The van der Waals surface area contributed by atoms with Crippen molar-refractivity contribution in [2.45, 2.75) is 25.9 Å². The highest BCUT2D eigenvalue weighted by molar-refractivity contribution is 9.09. The van der Waals surface area contributed by atoms with Crippen LogP contribution in [0.25, 0.3) is 0 Å². The molecule has 90 valence electrons. The van der Waals surface area contributed by atoms with Crippen molar-refractivity contribution < 1.29 is 9.47 Å². The Hall–Kier alpha value is -0.540. The van der Waals surface area contributed by atoms with Crippen molar-refractivity contribution >= 4 is 15.9 Å². The molecule has 0 N–H and O–H groups in total. The third-order valence-corrected chi connectivity index (χ3v) is 3.71. The van der Waals surface area contributed by atoms with Gasteiger partial charge < -0.3 is 9.47 Å². The van der Waals surface area contributed by atoms with Gasteiger partial charge in [0, 0.05) is 5.33 Å². The molecule has 1 aromatic rings. The van der Waals surface area contributed by atoms with E-state index in [9.17, 15) is 0 Å². The Morgan fingerprint density at radius 2 is 1.81 bits per heavy atom. The van der Waals surface area contributed by atoms with Crippen molar-refractivity contribution in [1.82, 2.24) is 0 Å².